The van der Waals surface area contributed by atoms with Crippen molar-refractivity contribution in [3.8, 4) is 0 Å². The second-order valence-corrected chi connectivity index (χ2v) is 10.4. The largest absolute Gasteiger partial charge is 0.335 e. The number of hydrogen-bond donors (Lipinski definition) is 0. The molecule has 1 aliphatic heterocycles. The maximum Gasteiger partial charge on any atom is 0.254 e. The third-order valence-electron chi connectivity index (χ3n) is 5.15. The number of aromatic nitrogens is 2. The van der Waals surface area contributed by atoms with Crippen molar-refractivity contribution in [3.05, 3.63) is 66.1 Å². The van der Waals surface area contributed by atoms with Crippen molar-refractivity contribution in [3.63, 3.8) is 0 Å². The van der Waals surface area contributed by atoms with Crippen LogP contribution in [0.15, 0.2) is 59.8 Å². The van der Waals surface area contributed by atoms with E-state index in [1.165, 1.54) is 0 Å². The van der Waals surface area contributed by atoms with Gasteiger partial charge in [-0.3, -0.25) is 4.79 Å². The summed E-state index contributed by atoms with van der Waals surface area (Å²) in [4.78, 5) is 20.2. The van der Waals surface area contributed by atoms with Crippen molar-refractivity contribution in [1.82, 2.24) is 14.3 Å². The van der Waals surface area contributed by atoms with Crippen LogP contribution in [0, 0.1) is 0 Å². The molecule has 2 aromatic heterocycles. The van der Waals surface area contributed by atoms with Crippen molar-refractivity contribution in [2.45, 2.75) is 30.0 Å². The topological polar surface area (TPSA) is 71.8 Å². The van der Waals surface area contributed by atoms with Crippen molar-refractivity contribution in [2.75, 3.05) is 18.1 Å². The van der Waals surface area contributed by atoms with Gasteiger partial charge < -0.3 is 9.30 Å². The molecule has 1 atom stereocenters. The highest BCUT2D eigenvalue weighted by Crippen LogP contribution is 2.25. The van der Waals surface area contributed by atoms with Crippen LogP contribution in [0.3, 0.4) is 0 Å². The molecule has 1 aliphatic rings. The van der Waals surface area contributed by atoms with Gasteiger partial charge >= 0.3 is 0 Å². The molecule has 0 saturated carbocycles. The molecule has 0 N–H and O–H groups in total. The first-order valence-corrected chi connectivity index (χ1v) is 12.4. The zero-order valence-electron chi connectivity index (χ0n) is 16.2. The van der Waals surface area contributed by atoms with Gasteiger partial charge in [-0.2, -0.15) is 0 Å². The second kappa shape index (κ2) is 8.20. The van der Waals surface area contributed by atoms with Crippen LogP contribution in [0.2, 0.25) is 0 Å². The van der Waals surface area contributed by atoms with Gasteiger partial charge in [0.05, 0.1) is 17.2 Å². The van der Waals surface area contributed by atoms with Crippen LogP contribution in [-0.2, 0) is 15.6 Å². The van der Waals surface area contributed by atoms with Crippen LogP contribution in [0.1, 0.15) is 29.4 Å². The average molecular weight is 430 g/mol. The van der Waals surface area contributed by atoms with Gasteiger partial charge in [0.25, 0.3) is 5.91 Å². The molecular weight excluding hydrogens is 406 g/mol. The Labute approximate surface area is 174 Å². The molecule has 0 unspecified atom stereocenters. The Kier molecular flexibility index (Phi) is 5.65. The quantitative estimate of drug-likeness (QED) is 0.563. The lowest BCUT2D eigenvalue weighted by molar-refractivity contribution is 0.0708. The maximum absolute atomic E-state index is 12.9. The smallest absolute Gasteiger partial charge is 0.254 e. The van der Waals surface area contributed by atoms with Crippen LogP contribution in [-0.4, -0.2) is 52.7 Å². The van der Waals surface area contributed by atoms with Gasteiger partial charge in [-0.05, 0) is 49.7 Å². The lowest BCUT2D eigenvalue weighted by Crippen LogP contribution is -2.40. The van der Waals surface area contributed by atoms with Crippen LogP contribution in [0.5, 0.6) is 0 Å². The predicted molar refractivity (Wildman–Crippen MR) is 115 cm³/mol. The summed E-state index contributed by atoms with van der Waals surface area (Å²) in [5, 5.41) is 0. The SMILES string of the molecule is CCN(C(=O)c1ccc(SCc2cn3ccccc3n2)cc1)[C@@H]1CCS(=O)(=O)C1. The fourth-order valence-electron chi connectivity index (χ4n) is 3.66. The van der Waals surface area contributed by atoms with E-state index < -0.39 is 9.84 Å². The summed E-state index contributed by atoms with van der Waals surface area (Å²) in [5.74, 6) is 0.877. The number of sulfone groups is 1. The molecule has 8 heteroatoms. The summed E-state index contributed by atoms with van der Waals surface area (Å²) in [6.07, 6.45) is 4.52. The van der Waals surface area contributed by atoms with E-state index in [4.69, 9.17) is 0 Å². The third-order valence-corrected chi connectivity index (χ3v) is 7.95. The molecule has 3 heterocycles. The van der Waals surface area contributed by atoms with E-state index in [1.807, 2.05) is 66.2 Å². The highest BCUT2D eigenvalue weighted by molar-refractivity contribution is 7.98. The highest BCUT2D eigenvalue weighted by atomic mass is 32.2. The van der Waals surface area contributed by atoms with Gasteiger partial charge in [-0.15, -0.1) is 11.8 Å². The summed E-state index contributed by atoms with van der Waals surface area (Å²) in [6, 6.07) is 13.2. The molecule has 152 valence electrons. The van der Waals surface area contributed by atoms with E-state index in [0.29, 0.717) is 18.5 Å². The molecule has 0 radical (unpaired) electrons. The number of hydrogen-bond acceptors (Lipinski definition) is 5. The second-order valence-electron chi connectivity index (χ2n) is 7.16. The number of fused-ring (bicyclic) bond motifs is 1. The highest BCUT2D eigenvalue weighted by Gasteiger charge is 2.34. The van der Waals surface area contributed by atoms with Crippen LogP contribution < -0.4 is 0 Å². The molecule has 6 nitrogen and oxygen atoms in total. The number of nitrogens with zero attached hydrogens (tertiary/aromatic N) is 3. The number of benzene rings is 1. The number of imidazole rings is 1. The molecule has 4 rings (SSSR count). The molecule has 1 aromatic carbocycles. The summed E-state index contributed by atoms with van der Waals surface area (Å²) >= 11 is 1.67. The molecule has 1 saturated heterocycles. The minimum Gasteiger partial charge on any atom is -0.335 e. The summed E-state index contributed by atoms with van der Waals surface area (Å²) in [6.45, 7) is 2.39. The Morgan fingerprint density at radius 3 is 2.69 bits per heavy atom. The monoisotopic (exact) mass is 429 g/mol. The summed E-state index contributed by atoms with van der Waals surface area (Å²) in [5.41, 5.74) is 2.52. The fraction of sp³-hybridized carbons (Fsp3) is 0.333. The van der Waals surface area contributed by atoms with E-state index >= 15 is 0 Å². The van der Waals surface area contributed by atoms with Gasteiger partial charge in [-0.1, -0.05) is 6.07 Å². The van der Waals surface area contributed by atoms with E-state index in [-0.39, 0.29) is 23.5 Å². The number of thioether (sulfide) groups is 1. The van der Waals surface area contributed by atoms with Crippen LogP contribution >= 0.6 is 11.8 Å². The minimum atomic E-state index is -3.02. The van der Waals surface area contributed by atoms with Crippen molar-refractivity contribution >= 4 is 33.2 Å². The number of carbonyl (C=O) groups excluding carboxylic acids is 1. The number of pyridine rings is 1. The number of rotatable bonds is 6. The van der Waals surface area contributed by atoms with Gasteiger partial charge in [0.15, 0.2) is 9.84 Å². The summed E-state index contributed by atoms with van der Waals surface area (Å²) < 4.78 is 25.5. The predicted octanol–water partition coefficient (Wildman–Crippen LogP) is 3.28. The molecule has 1 fully saturated rings. The Morgan fingerprint density at radius 2 is 2.03 bits per heavy atom. The Hall–Kier alpha value is -2.32. The van der Waals surface area contributed by atoms with E-state index in [0.717, 1.165) is 22.0 Å². The Balaban J connectivity index is 1.40. The van der Waals surface area contributed by atoms with Gasteiger partial charge in [-0.25, -0.2) is 13.4 Å². The molecule has 3 aromatic rings. The molecule has 29 heavy (non-hydrogen) atoms. The van der Waals surface area contributed by atoms with Crippen LogP contribution in [0.25, 0.3) is 5.65 Å². The van der Waals surface area contributed by atoms with Gasteiger partial charge in [0, 0.05) is 41.2 Å². The fourth-order valence-corrected chi connectivity index (χ4v) is 6.18. The maximum atomic E-state index is 12.9. The van der Waals surface area contributed by atoms with Gasteiger partial charge in [0.2, 0.25) is 0 Å². The zero-order valence-corrected chi connectivity index (χ0v) is 17.8. The van der Waals surface area contributed by atoms with Crippen LogP contribution in [0.4, 0.5) is 0 Å². The third kappa shape index (κ3) is 4.48. The Morgan fingerprint density at radius 1 is 1.24 bits per heavy atom. The van der Waals surface area contributed by atoms with Crippen molar-refractivity contribution in [2.24, 2.45) is 0 Å². The summed E-state index contributed by atoms with van der Waals surface area (Å²) in [7, 11) is -3.02. The molecular formula is C21H23N3O3S2. The first kappa shape index (κ1) is 20.0. The van der Waals surface area contributed by atoms with Crippen molar-refractivity contribution < 1.29 is 13.2 Å². The Bertz CT molecular complexity index is 1090. The first-order valence-electron chi connectivity index (χ1n) is 9.62. The average Bonchev–Trinajstić information content (AvgIpc) is 3.29. The first-order chi connectivity index (χ1) is 13.9. The molecule has 1 amide bonds. The lowest BCUT2D eigenvalue weighted by atomic mass is 10.1. The van der Waals surface area contributed by atoms with Gasteiger partial charge in [0.1, 0.15) is 5.65 Å². The number of amides is 1. The normalized spacial score (nSPS) is 18.2. The van der Waals surface area contributed by atoms with E-state index in [1.54, 1.807) is 16.7 Å². The molecule has 0 bridgehead atoms. The van der Waals surface area contributed by atoms with Crippen molar-refractivity contribution in [1.29, 1.82) is 0 Å². The molecule has 0 aliphatic carbocycles. The standard InChI is InChI=1S/C21H23N3O3S2/c1-2-24(18-10-12-29(26,27)15-18)21(25)16-6-8-19(9-7-16)28-14-17-13-23-11-4-3-5-20(23)22-17/h3-9,11,13,18H,2,10,12,14-15H2,1H3/t18-/m1/s1. The minimum absolute atomic E-state index is 0.0690. The van der Waals surface area contributed by atoms with E-state index in [2.05, 4.69) is 4.98 Å². The lowest BCUT2D eigenvalue weighted by Gasteiger charge is -2.27. The number of carbonyl (C=O) groups is 1. The zero-order chi connectivity index (χ0) is 20.4. The molecule has 0 spiro atoms. The van der Waals surface area contributed by atoms with E-state index in [9.17, 15) is 13.2 Å².